The first-order chi connectivity index (χ1) is 9.90. The molecule has 0 N–H and O–H groups in total. The molecule has 0 aliphatic rings. The zero-order valence-corrected chi connectivity index (χ0v) is 13.0. The molecule has 2 rings (SSSR count). The average Bonchev–Trinajstić information content (AvgIpc) is 2.48. The van der Waals surface area contributed by atoms with Crippen molar-refractivity contribution in [2.24, 2.45) is 0 Å². The minimum Gasteiger partial charge on any atom is -0.335 e. The van der Waals surface area contributed by atoms with Crippen molar-refractivity contribution in [3.8, 4) is 0 Å². The SMILES string of the molecule is Cc1cc(C(=O)N(C)C(C)c2ccc(Cl)cc2)ccc1F. The Hall–Kier alpha value is -1.87. The van der Waals surface area contributed by atoms with Crippen LogP contribution in [0.5, 0.6) is 0 Å². The third-order valence-corrected chi connectivity index (χ3v) is 3.91. The standard InChI is InChI=1S/C17H17ClFNO/c1-11-10-14(6-9-16(11)19)17(21)20(3)12(2)13-4-7-15(18)8-5-13/h4-10,12H,1-3H3. The van der Waals surface area contributed by atoms with Gasteiger partial charge in [-0.3, -0.25) is 4.79 Å². The van der Waals surface area contributed by atoms with E-state index in [-0.39, 0.29) is 17.8 Å². The lowest BCUT2D eigenvalue weighted by Crippen LogP contribution is -2.29. The molecule has 0 heterocycles. The summed E-state index contributed by atoms with van der Waals surface area (Å²) in [7, 11) is 1.74. The molecule has 2 aromatic carbocycles. The lowest BCUT2D eigenvalue weighted by atomic mass is 10.1. The molecule has 1 unspecified atom stereocenters. The first-order valence-electron chi connectivity index (χ1n) is 6.69. The molecule has 0 bridgehead atoms. The predicted molar refractivity (Wildman–Crippen MR) is 83.1 cm³/mol. The highest BCUT2D eigenvalue weighted by Crippen LogP contribution is 2.23. The first kappa shape index (κ1) is 15.5. The van der Waals surface area contributed by atoms with Crippen LogP contribution < -0.4 is 0 Å². The third kappa shape index (κ3) is 3.42. The Morgan fingerprint density at radius 3 is 2.38 bits per heavy atom. The van der Waals surface area contributed by atoms with Gasteiger partial charge in [0.1, 0.15) is 5.82 Å². The van der Waals surface area contributed by atoms with E-state index < -0.39 is 0 Å². The minimum atomic E-state index is -0.306. The van der Waals surface area contributed by atoms with Gasteiger partial charge in [0.05, 0.1) is 6.04 Å². The van der Waals surface area contributed by atoms with Crippen LogP contribution >= 0.6 is 11.6 Å². The topological polar surface area (TPSA) is 20.3 Å². The van der Waals surface area contributed by atoms with Crippen LogP contribution in [0.25, 0.3) is 0 Å². The summed E-state index contributed by atoms with van der Waals surface area (Å²) >= 11 is 5.87. The van der Waals surface area contributed by atoms with E-state index in [2.05, 4.69) is 0 Å². The van der Waals surface area contributed by atoms with Gasteiger partial charge in [0, 0.05) is 17.6 Å². The molecule has 21 heavy (non-hydrogen) atoms. The van der Waals surface area contributed by atoms with Crippen molar-refractivity contribution in [1.29, 1.82) is 0 Å². The van der Waals surface area contributed by atoms with Crippen molar-refractivity contribution in [3.63, 3.8) is 0 Å². The van der Waals surface area contributed by atoms with Crippen molar-refractivity contribution >= 4 is 17.5 Å². The number of nitrogens with zero attached hydrogens (tertiary/aromatic N) is 1. The van der Waals surface area contributed by atoms with Crippen molar-refractivity contribution in [2.75, 3.05) is 7.05 Å². The molecular formula is C17H17ClFNO. The molecule has 0 saturated carbocycles. The molecule has 2 nitrogen and oxygen atoms in total. The molecule has 0 aliphatic carbocycles. The Morgan fingerprint density at radius 2 is 1.81 bits per heavy atom. The monoisotopic (exact) mass is 305 g/mol. The van der Waals surface area contributed by atoms with Crippen molar-refractivity contribution in [2.45, 2.75) is 19.9 Å². The van der Waals surface area contributed by atoms with E-state index in [9.17, 15) is 9.18 Å². The maximum atomic E-state index is 13.3. The number of halogens is 2. The number of carbonyl (C=O) groups excluding carboxylic acids is 1. The van der Waals surface area contributed by atoms with Crippen LogP contribution in [0.4, 0.5) is 4.39 Å². The first-order valence-corrected chi connectivity index (χ1v) is 7.06. The second kappa shape index (κ2) is 6.27. The smallest absolute Gasteiger partial charge is 0.254 e. The van der Waals surface area contributed by atoms with Gasteiger partial charge in [-0.15, -0.1) is 0 Å². The van der Waals surface area contributed by atoms with E-state index >= 15 is 0 Å². The summed E-state index contributed by atoms with van der Waals surface area (Å²) in [5.74, 6) is -0.444. The highest BCUT2D eigenvalue weighted by Gasteiger charge is 2.19. The minimum absolute atomic E-state index is 0.0971. The Balaban J connectivity index is 2.21. The van der Waals surface area contributed by atoms with E-state index in [0.717, 1.165) is 5.56 Å². The van der Waals surface area contributed by atoms with Gasteiger partial charge in [-0.05, 0) is 55.3 Å². The molecule has 2 aromatic rings. The quantitative estimate of drug-likeness (QED) is 0.810. The Labute approximate surface area is 129 Å². The maximum absolute atomic E-state index is 13.3. The van der Waals surface area contributed by atoms with Gasteiger partial charge in [0.25, 0.3) is 5.91 Å². The normalized spacial score (nSPS) is 12.0. The molecule has 1 atom stereocenters. The van der Waals surface area contributed by atoms with Gasteiger partial charge >= 0.3 is 0 Å². The Kier molecular flexibility index (Phi) is 4.63. The largest absolute Gasteiger partial charge is 0.335 e. The highest BCUT2D eigenvalue weighted by molar-refractivity contribution is 6.30. The van der Waals surface area contributed by atoms with Crippen LogP contribution in [-0.2, 0) is 0 Å². The molecule has 0 fully saturated rings. The lowest BCUT2D eigenvalue weighted by Gasteiger charge is -2.25. The fourth-order valence-corrected chi connectivity index (χ4v) is 2.25. The van der Waals surface area contributed by atoms with Crippen molar-refractivity contribution in [3.05, 3.63) is 70.0 Å². The zero-order valence-electron chi connectivity index (χ0n) is 12.2. The fourth-order valence-electron chi connectivity index (χ4n) is 2.12. The summed E-state index contributed by atoms with van der Waals surface area (Å²) in [5, 5.41) is 0.661. The maximum Gasteiger partial charge on any atom is 0.254 e. The van der Waals surface area contributed by atoms with Crippen molar-refractivity contribution in [1.82, 2.24) is 4.90 Å². The number of hydrogen-bond donors (Lipinski definition) is 0. The summed E-state index contributed by atoms with van der Waals surface area (Å²) in [6.07, 6.45) is 0. The van der Waals surface area contributed by atoms with E-state index in [1.807, 2.05) is 19.1 Å². The molecular weight excluding hydrogens is 289 g/mol. The van der Waals surface area contributed by atoms with Gasteiger partial charge < -0.3 is 4.90 Å². The molecule has 0 aromatic heterocycles. The van der Waals surface area contributed by atoms with Gasteiger partial charge in [-0.2, -0.15) is 0 Å². The van der Waals surface area contributed by atoms with Crippen molar-refractivity contribution < 1.29 is 9.18 Å². The predicted octanol–water partition coefficient (Wildman–Crippen LogP) is 4.62. The van der Waals surface area contributed by atoms with Crippen LogP contribution in [0.2, 0.25) is 5.02 Å². The second-order valence-corrected chi connectivity index (χ2v) is 5.54. The number of aryl methyl sites for hydroxylation is 1. The van der Waals surface area contributed by atoms with Gasteiger partial charge in [-0.1, -0.05) is 23.7 Å². The Bertz CT molecular complexity index is 654. The van der Waals surface area contributed by atoms with E-state index in [4.69, 9.17) is 11.6 Å². The second-order valence-electron chi connectivity index (χ2n) is 5.11. The number of hydrogen-bond acceptors (Lipinski definition) is 1. The number of amides is 1. The summed E-state index contributed by atoms with van der Waals surface area (Å²) < 4.78 is 13.3. The van der Waals surface area contributed by atoms with E-state index in [1.54, 1.807) is 37.1 Å². The molecule has 0 radical (unpaired) electrons. The summed E-state index contributed by atoms with van der Waals surface area (Å²) in [6, 6.07) is 11.7. The summed E-state index contributed by atoms with van der Waals surface area (Å²) in [6.45, 7) is 3.59. The van der Waals surface area contributed by atoms with Crippen LogP contribution in [0, 0.1) is 12.7 Å². The molecule has 1 amide bonds. The number of rotatable bonds is 3. The summed E-state index contributed by atoms with van der Waals surface area (Å²) in [4.78, 5) is 14.1. The van der Waals surface area contributed by atoms with Gasteiger partial charge in [0.2, 0.25) is 0 Å². The van der Waals surface area contributed by atoms with E-state index in [0.29, 0.717) is 16.1 Å². The molecule has 4 heteroatoms. The number of carbonyl (C=O) groups is 1. The lowest BCUT2D eigenvalue weighted by molar-refractivity contribution is 0.0742. The molecule has 0 saturated heterocycles. The fraction of sp³-hybridized carbons (Fsp3) is 0.235. The van der Waals surface area contributed by atoms with Gasteiger partial charge in [0.15, 0.2) is 0 Å². The molecule has 0 aliphatic heterocycles. The number of benzene rings is 2. The Morgan fingerprint density at radius 1 is 1.19 bits per heavy atom. The highest BCUT2D eigenvalue weighted by atomic mass is 35.5. The van der Waals surface area contributed by atoms with Crippen LogP contribution in [0.3, 0.4) is 0 Å². The van der Waals surface area contributed by atoms with Crippen LogP contribution in [0.15, 0.2) is 42.5 Å². The zero-order chi connectivity index (χ0) is 15.6. The van der Waals surface area contributed by atoms with E-state index in [1.165, 1.54) is 12.1 Å². The average molecular weight is 306 g/mol. The third-order valence-electron chi connectivity index (χ3n) is 3.66. The van der Waals surface area contributed by atoms with Crippen LogP contribution in [0.1, 0.15) is 34.5 Å². The molecule has 110 valence electrons. The summed E-state index contributed by atoms with van der Waals surface area (Å²) in [5.41, 5.74) is 1.94. The van der Waals surface area contributed by atoms with Crippen LogP contribution in [-0.4, -0.2) is 17.9 Å². The van der Waals surface area contributed by atoms with Gasteiger partial charge in [-0.25, -0.2) is 4.39 Å². The molecule has 0 spiro atoms.